The van der Waals surface area contributed by atoms with E-state index < -0.39 is 0 Å². The molecule has 0 spiro atoms. The van der Waals surface area contributed by atoms with Crippen molar-refractivity contribution in [2.75, 3.05) is 0 Å². The summed E-state index contributed by atoms with van der Waals surface area (Å²) in [6, 6.07) is 55.5. The molecule has 0 aliphatic rings. The highest BCUT2D eigenvalue weighted by Crippen LogP contribution is 2.43. The predicted molar refractivity (Wildman–Crippen MR) is 201 cm³/mol. The quantitative estimate of drug-likeness (QED) is 0.194. The van der Waals surface area contributed by atoms with Crippen molar-refractivity contribution in [3.05, 3.63) is 158 Å². The van der Waals surface area contributed by atoms with E-state index in [1.54, 1.807) is 0 Å². The molecule has 0 bridgehead atoms. The fourth-order valence-electron chi connectivity index (χ4n) is 7.04. The van der Waals surface area contributed by atoms with Crippen molar-refractivity contribution in [3.8, 4) is 39.9 Å². The number of hydrogen-bond donors (Lipinski definition) is 0. The van der Waals surface area contributed by atoms with Gasteiger partial charge in [0.15, 0.2) is 17.5 Å². The molecule has 0 aliphatic heterocycles. The minimum absolute atomic E-state index is 0.663. The summed E-state index contributed by atoms with van der Waals surface area (Å²) in [7, 11) is 0. The molecule has 4 nitrogen and oxygen atoms in total. The van der Waals surface area contributed by atoms with Crippen LogP contribution in [-0.2, 0) is 0 Å². The molecule has 0 unspecified atom stereocenters. The van der Waals surface area contributed by atoms with Gasteiger partial charge in [0.2, 0.25) is 0 Å². The average Bonchev–Trinajstić information content (AvgIpc) is 3.71. The van der Waals surface area contributed by atoms with Crippen molar-refractivity contribution in [1.29, 1.82) is 0 Å². The van der Waals surface area contributed by atoms with Crippen molar-refractivity contribution in [2.45, 2.75) is 0 Å². The normalized spacial score (nSPS) is 11.8. The Morgan fingerprint density at radius 3 is 1.79 bits per heavy atom. The second kappa shape index (κ2) is 10.7. The summed E-state index contributed by atoms with van der Waals surface area (Å²) in [6.07, 6.45) is 0. The van der Waals surface area contributed by atoms with Gasteiger partial charge in [-0.3, -0.25) is 0 Å². The Kier molecular flexibility index (Phi) is 6.01. The number of rotatable bonds is 4. The third-order valence-corrected chi connectivity index (χ3v) is 10.4. The topological polar surface area (TPSA) is 43.6 Å². The minimum atomic E-state index is 0.663. The first-order valence-corrected chi connectivity index (χ1v) is 16.9. The molecular weight excluding hydrogens is 605 g/mol. The number of aromatic nitrogens is 4. The van der Waals surface area contributed by atoms with Crippen LogP contribution >= 0.6 is 11.3 Å². The van der Waals surface area contributed by atoms with Gasteiger partial charge in [0.05, 0.1) is 21.4 Å². The average molecular weight is 631 g/mol. The molecule has 224 valence electrons. The van der Waals surface area contributed by atoms with Gasteiger partial charge in [0, 0.05) is 42.9 Å². The van der Waals surface area contributed by atoms with Gasteiger partial charge in [-0.05, 0) is 35.0 Å². The summed E-state index contributed by atoms with van der Waals surface area (Å²) in [5.41, 5.74) is 6.51. The van der Waals surface area contributed by atoms with Crippen LogP contribution in [-0.4, -0.2) is 19.5 Å². The molecule has 10 rings (SSSR count). The first-order chi connectivity index (χ1) is 23.8. The maximum absolute atomic E-state index is 4.99. The second-order valence-electron chi connectivity index (χ2n) is 12.0. The fraction of sp³-hybridized carbons (Fsp3) is 0. The molecule has 0 saturated carbocycles. The summed E-state index contributed by atoms with van der Waals surface area (Å²) >= 11 is 1.83. The zero-order valence-corrected chi connectivity index (χ0v) is 26.5. The van der Waals surface area contributed by atoms with Crippen LogP contribution in [0, 0.1) is 0 Å². The molecule has 0 atom stereocenters. The maximum atomic E-state index is 4.99. The number of para-hydroxylation sites is 1. The molecule has 48 heavy (non-hydrogen) atoms. The minimum Gasteiger partial charge on any atom is -0.308 e. The van der Waals surface area contributed by atoms with Crippen molar-refractivity contribution >= 4 is 64.1 Å². The molecule has 0 saturated heterocycles. The Hall–Kier alpha value is -6.17. The predicted octanol–water partition coefficient (Wildman–Crippen LogP) is 11.5. The molecule has 0 aliphatic carbocycles. The summed E-state index contributed by atoms with van der Waals surface area (Å²) in [5, 5.41) is 7.57. The zero-order chi connectivity index (χ0) is 31.6. The number of benzene rings is 7. The van der Waals surface area contributed by atoms with Gasteiger partial charge in [-0.15, -0.1) is 11.3 Å². The van der Waals surface area contributed by atoms with E-state index in [1.807, 2.05) is 72.0 Å². The summed E-state index contributed by atoms with van der Waals surface area (Å²) in [6.45, 7) is 0. The van der Waals surface area contributed by atoms with E-state index in [0.717, 1.165) is 16.7 Å². The van der Waals surface area contributed by atoms with E-state index in [-0.39, 0.29) is 0 Å². The number of nitrogens with zero attached hydrogens (tertiary/aromatic N) is 4. The molecule has 3 heterocycles. The summed E-state index contributed by atoms with van der Waals surface area (Å²) in [5.74, 6) is 1.99. The van der Waals surface area contributed by atoms with Crippen molar-refractivity contribution in [2.24, 2.45) is 0 Å². The lowest BCUT2D eigenvalue weighted by Crippen LogP contribution is -1.99. The Morgan fingerprint density at radius 2 is 1.04 bits per heavy atom. The fourth-order valence-corrected chi connectivity index (χ4v) is 8.28. The van der Waals surface area contributed by atoms with Gasteiger partial charge in [-0.2, -0.15) is 0 Å². The van der Waals surface area contributed by atoms with Crippen LogP contribution in [0.1, 0.15) is 0 Å². The van der Waals surface area contributed by atoms with Crippen molar-refractivity contribution in [3.63, 3.8) is 0 Å². The molecule has 10 aromatic rings. The number of hydrogen-bond acceptors (Lipinski definition) is 4. The van der Waals surface area contributed by atoms with Crippen LogP contribution in [0.25, 0.3) is 92.6 Å². The monoisotopic (exact) mass is 630 g/mol. The lowest BCUT2D eigenvalue weighted by molar-refractivity contribution is 1.07. The molecule has 3 aromatic heterocycles. The maximum Gasteiger partial charge on any atom is 0.164 e. The highest BCUT2D eigenvalue weighted by molar-refractivity contribution is 7.26. The zero-order valence-electron chi connectivity index (χ0n) is 25.7. The van der Waals surface area contributed by atoms with Gasteiger partial charge < -0.3 is 4.57 Å². The lowest BCUT2D eigenvalue weighted by Gasteiger charge is -2.09. The van der Waals surface area contributed by atoms with Gasteiger partial charge in [-0.1, -0.05) is 133 Å². The highest BCUT2D eigenvalue weighted by atomic mass is 32.1. The summed E-state index contributed by atoms with van der Waals surface area (Å²) < 4.78 is 4.90. The third-order valence-electron chi connectivity index (χ3n) is 9.24. The first kappa shape index (κ1) is 27.0. The molecular formula is C43H26N4S. The van der Waals surface area contributed by atoms with E-state index in [1.165, 1.54) is 58.4 Å². The molecule has 5 heteroatoms. The van der Waals surface area contributed by atoms with Crippen LogP contribution in [0.2, 0.25) is 0 Å². The van der Waals surface area contributed by atoms with E-state index in [2.05, 4.69) is 102 Å². The van der Waals surface area contributed by atoms with E-state index in [9.17, 15) is 0 Å². The van der Waals surface area contributed by atoms with Gasteiger partial charge >= 0.3 is 0 Å². The Morgan fingerprint density at radius 1 is 0.417 bits per heavy atom. The SMILES string of the molecule is c1ccc(-c2nc(-c3ccccc3)nc(-c3ccc4c(c3)sc3c(-n5c6ccccc6c6c7ccccc7ccc65)cccc34)n2)cc1. The standard InChI is InChI=1S/C43H26N4S/c1-3-13-28(14-4-1)41-44-42(29-15-5-2-6-16-29)46-43(45-41)30-22-24-32-33-19-11-21-37(40(33)48-38(32)26-30)47-35-20-10-9-18-34(35)39-31-17-8-7-12-27(31)23-25-36(39)47/h1-26H. The molecule has 7 aromatic carbocycles. The molecule has 0 radical (unpaired) electrons. The largest absolute Gasteiger partial charge is 0.308 e. The lowest BCUT2D eigenvalue weighted by atomic mass is 10.0. The molecule has 0 fully saturated rings. The van der Waals surface area contributed by atoms with E-state index in [4.69, 9.17) is 15.0 Å². The van der Waals surface area contributed by atoms with Gasteiger partial charge in [0.1, 0.15) is 0 Å². The number of fused-ring (bicyclic) bond motifs is 8. The Balaban J connectivity index is 1.19. The second-order valence-corrected chi connectivity index (χ2v) is 13.1. The first-order valence-electron chi connectivity index (χ1n) is 16.0. The van der Waals surface area contributed by atoms with Crippen molar-refractivity contribution in [1.82, 2.24) is 19.5 Å². The summed E-state index contributed by atoms with van der Waals surface area (Å²) in [4.78, 5) is 14.9. The third kappa shape index (κ3) is 4.18. The van der Waals surface area contributed by atoms with Crippen LogP contribution in [0.5, 0.6) is 0 Å². The van der Waals surface area contributed by atoms with E-state index in [0.29, 0.717) is 17.5 Å². The Bertz CT molecular complexity index is 2780. The van der Waals surface area contributed by atoms with Crippen LogP contribution in [0.3, 0.4) is 0 Å². The van der Waals surface area contributed by atoms with Gasteiger partial charge in [0.25, 0.3) is 0 Å². The molecule has 0 N–H and O–H groups in total. The van der Waals surface area contributed by atoms with Gasteiger partial charge in [-0.25, -0.2) is 15.0 Å². The highest BCUT2D eigenvalue weighted by Gasteiger charge is 2.19. The van der Waals surface area contributed by atoms with Crippen LogP contribution < -0.4 is 0 Å². The van der Waals surface area contributed by atoms with Crippen LogP contribution in [0.4, 0.5) is 0 Å². The number of thiophene rings is 1. The van der Waals surface area contributed by atoms with Crippen molar-refractivity contribution < 1.29 is 0 Å². The van der Waals surface area contributed by atoms with E-state index >= 15 is 0 Å². The molecule has 0 amide bonds. The van der Waals surface area contributed by atoms with Crippen LogP contribution in [0.15, 0.2) is 158 Å². The Labute approximate surface area is 280 Å². The smallest absolute Gasteiger partial charge is 0.164 e.